The first kappa shape index (κ1) is 21.8. The average molecular weight is 478 g/mol. The van der Waals surface area contributed by atoms with Crippen molar-refractivity contribution in [1.82, 2.24) is 10.2 Å². The number of halogens is 2. The first-order valence-corrected chi connectivity index (χ1v) is 8.30. The number of hydrogen-bond acceptors (Lipinski definition) is 3. The third-order valence-corrected chi connectivity index (χ3v) is 3.87. The van der Waals surface area contributed by atoms with Crippen molar-refractivity contribution >= 4 is 41.5 Å². The maximum atomic E-state index is 10.5. The van der Waals surface area contributed by atoms with Crippen molar-refractivity contribution < 1.29 is 9.52 Å². The normalized spacial score (nSPS) is 13.7. The van der Waals surface area contributed by atoms with Gasteiger partial charge in [-0.15, -0.1) is 24.0 Å². The minimum absolute atomic E-state index is 0. The lowest BCUT2D eigenvalue weighted by atomic mass is 10.0. The minimum atomic E-state index is -1.15. The first-order valence-electron chi connectivity index (χ1n) is 7.92. The topological polar surface area (TPSA) is 61.0 Å². The third kappa shape index (κ3) is 6.52. The van der Waals surface area contributed by atoms with Gasteiger partial charge in [-0.3, -0.25) is 0 Å². The van der Waals surface area contributed by atoms with Crippen LogP contribution in [0.2, 0.25) is 5.02 Å². The minimum Gasteiger partial charge on any atom is -0.466 e. The van der Waals surface area contributed by atoms with Gasteiger partial charge in [0.1, 0.15) is 11.4 Å². The molecule has 2 aromatic rings. The molecule has 1 heterocycles. The van der Waals surface area contributed by atoms with Crippen molar-refractivity contribution in [2.45, 2.75) is 26.0 Å². The highest BCUT2D eigenvalue weighted by molar-refractivity contribution is 14.0. The first-order chi connectivity index (χ1) is 11.4. The molecule has 1 aromatic heterocycles. The lowest BCUT2D eigenvalue weighted by Gasteiger charge is -2.24. The Hall–Kier alpha value is -1.25. The number of nitrogens with zero attached hydrogens (tertiary/aromatic N) is 2. The van der Waals surface area contributed by atoms with E-state index in [0.29, 0.717) is 12.3 Å². The van der Waals surface area contributed by atoms with Gasteiger partial charge in [0.25, 0.3) is 0 Å². The molecule has 25 heavy (non-hydrogen) atoms. The van der Waals surface area contributed by atoms with Crippen LogP contribution in [0.4, 0.5) is 0 Å². The summed E-state index contributed by atoms with van der Waals surface area (Å²) in [6, 6.07) is 11.2. The molecule has 0 fully saturated rings. The number of hydrogen-bond donors (Lipinski definition) is 2. The molecule has 1 atom stereocenters. The summed E-state index contributed by atoms with van der Waals surface area (Å²) in [7, 11) is 1.96. The molecule has 138 valence electrons. The lowest BCUT2D eigenvalue weighted by Crippen LogP contribution is -2.39. The van der Waals surface area contributed by atoms with E-state index in [0.717, 1.165) is 23.1 Å². The Morgan fingerprint density at radius 3 is 2.56 bits per heavy atom. The van der Waals surface area contributed by atoms with Gasteiger partial charge in [-0.05, 0) is 43.7 Å². The molecule has 2 rings (SSSR count). The molecule has 5 nitrogen and oxygen atoms in total. The van der Waals surface area contributed by atoms with E-state index in [1.807, 2.05) is 43.1 Å². The number of aliphatic imine (C=N–C) groups is 1. The van der Waals surface area contributed by atoms with Crippen molar-refractivity contribution in [3.8, 4) is 0 Å². The van der Waals surface area contributed by atoms with Crippen LogP contribution in [0.3, 0.4) is 0 Å². The summed E-state index contributed by atoms with van der Waals surface area (Å²) < 4.78 is 5.29. The molecule has 1 unspecified atom stereocenters. The van der Waals surface area contributed by atoms with Crippen molar-refractivity contribution in [3.63, 3.8) is 0 Å². The summed E-state index contributed by atoms with van der Waals surface area (Å²) in [6.45, 7) is 5.33. The molecular weight excluding hydrogens is 453 g/mol. The smallest absolute Gasteiger partial charge is 0.194 e. The van der Waals surface area contributed by atoms with Gasteiger partial charge >= 0.3 is 0 Å². The Morgan fingerprint density at radius 1 is 1.32 bits per heavy atom. The SMILES string of the molecule is CCNC(=NCC(C)(O)c1ccco1)N(C)Cc1ccc(Cl)cc1.I. The molecule has 0 aliphatic heterocycles. The number of rotatable bonds is 6. The van der Waals surface area contributed by atoms with E-state index in [-0.39, 0.29) is 30.5 Å². The number of aliphatic hydroxyl groups is 1. The standard InChI is InChI=1S/C18H24ClN3O2.HI/c1-4-20-17(21-13-18(2,23)16-6-5-11-24-16)22(3)12-14-7-9-15(19)10-8-14;/h5-11,23H,4,12-13H2,1-3H3,(H,20,21);1H. The number of furan rings is 1. The van der Waals surface area contributed by atoms with Gasteiger partial charge in [0.05, 0.1) is 12.8 Å². The van der Waals surface area contributed by atoms with Gasteiger partial charge in [-0.1, -0.05) is 23.7 Å². The monoisotopic (exact) mass is 477 g/mol. The Bertz CT molecular complexity index is 657. The zero-order chi connectivity index (χ0) is 17.6. The van der Waals surface area contributed by atoms with E-state index >= 15 is 0 Å². The summed E-state index contributed by atoms with van der Waals surface area (Å²) >= 11 is 5.92. The fourth-order valence-corrected chi connectivity index (χ4v) is 2.43. The molecule has 0 amide bonds. The van der Waals surface area contributed by atoms with Crippen molar-refractivity contribution in [2.75, 3.05) is 20.1 Å². The van der Waals surface area contributed by atoms with Crippen molar-refractivity contribution in [3.05, 3.63) is 59.0 Å². The number of nitrogens with one attached hydrogen (secondary N) is 1. The van der Waals surface area contributed by atoms with E-state index in [1.165, 1.54) is 0 Å². The van der Waals surface area contributed by atoms with Crippen LogP contribution in [0, 0.1) is 0 Å². The van der Waals surface area contributed by atoms with E-state index < -0.39 is 5.60 Å². The summed E-state index contributed by atoms with van der Waals surface area (Å²) in [4.78, 5) is 6.56. The Balaban J connectivity index is 0.00000312. The summed E-state index contributed by atoms with van der Waals surface area (Å²) in [5.41, 5.74) is -0.0176. The molecule has 0 aliphatic carbocycles. The molecule has 0 saturated carbocycles. The van der Waals surface area contributed by atoms with Crippen LogP contribution in [-0.2, 0) is 12.1 Å². The van der Waals surface area contributed by atoms with Crippen LogP contribution in [0.5, 0.6) is 0 Å². The van der Waals surface area contributed by atoms with Gasteiger partial charge < -0.3 is 19.7 Å². The van der Waals surface area contributed by atoms with Crippen LogP contribution in [0.1, 0.15) is 25.2 Å². The zero-order valence-corrected chi connectivity index (χ0v) is 17.8. The average Bonchev–Trinajstić information content (AvgIpc) is 3.09. The molecule has 0 spiro atoms. The largest absolute Gasteiger partial charge is 0.466 e. The van der Waals surface area contributed by atoms with E-state index in [4.69, 9.17) is 16.0 Å². The summed E-state index contributed by atoms with van der Waals surface area (Å²) in [5, 5.41) is 14.5. The van der Waals surface area contributed by atoms with Gasteiger partial charge in [-0.25, -0.2) is 4.99 Å². The highest BCUT2D eigenvalue weighted by Crippen LogP contribution is 2.21. The molecule has 0 saturated heterocycles. The predicted octanol–water partition coefficient (Wildman–Crippen LogP) is 3.86. The predicted molar refractivity (Wildman–Crippen MR) is 113 cm³/mol. The van der Waals surface area contributed by atoms with E-state index in [2.05, 4.69) is 10.3 Å². The molecular formula is C18H25ClIN3O2. The van der Waals surface area contributed by atoms with Crippen LogP contribution in [0.25, 0.3) is 0 Å². The Morgan fingerprint density at radius 2 is 2.00 bits per heavy atom. The number of guanidine groups is 1. The van der Waals surface area contributed by atoms with Crippen LogP contribution < -0.4 is 5.32 Å². The molecule has 0 radical (unpaired) electrons. The Labute approximate surface area is 171 Å². The molecule has 0 aliphatic rings. The van der Waals surface area contributed by atoms with Crippen LogP contribution in [-0.4, -0.2) is 36.1 Å². The Kier molecular flexibility index (Phi) is 8.75. The number of benzene rings is 1. The maximum Gasteiger partial charge on any atom is 0.194 e. The molecule has 7 heteroatoms. The summed E-state index contributed by atoms with van der Waals surface area (Å²) in [6.07, 6.45) is 1.55. The highest BCUT2D eigenvalue weighted by atomic mass is 127. The third-order valence-electron chi connectivity index (χ3n) is 3.62. The van der Waals surface area contributed by atoms with E-state index in [1.54, 1.807) is 25.3 Å². The second kappa shape index (κ2) is 10.0. The van der Waals surface area contributed by atoms with Crippen molar-refractivity contribution in [1.29, 1.82) is 0 Å². The zero-order valence-electron chi connectivity index (χ0n) is 14.7. The molecule has 0 bridgehead atoms. The molecule has 2 N–H and O–H groups in total. The second-order valence-electron chi connectivity index (χ2n) is 5.90. The van der Waals surface area contributed by atoms with Crippen LogP contribution in [0.15, 0.2) is 52.1 Å². The van der Waals surface area contributed by atoms with Gasteiger partial charge in [0.15, 0.2) is 5.96 Å². The van der Waals surface area contributed by atoms with Gasteiger partial charge in [-0.2, -0.15) is 0 Å². The van der Waals surface area contributed by atoms with Gasteiger partial charge in [0, 0.05) is 25.2 Å². The maximum absolute atomic E-state index is 10.5. The fourth-order valence-electron chi connectivity index (χ4n) is 2.30. The lowest BCUT2D eigenvalue weighted by molar-refractivity contribution is 0.0435. The van der Waals surface area contributed by atoms with Crippen molar-refractivity contribution in [2.24, 2.45) is 4.99 Å². The quantitative estimate of drug-likeness (QED) is 0.377. The molecule has 1 aromatic carbocycles. The second-order valence-corrected chi connectivity index (χ2v) is 6.34. The van der Waals surface area contributed by atoms with E-state index in [9.17, 15) is 5.11 Å². The highest BCUT2D eigenvalue weighted by Gasteiger charge is 2.26. The fraction of sp³-hybridized carbons (Fsp3) is 0.389. The van der Waals surface area contributed by atoms with Crippen LogP contribution >= 0.6 is 35.6 Å². The van der Waals surface area contributed by atoms with Gasteiger partial charge in [0.2, 0.25) is 0 Å². The summed E-state index contributed by atoms with van der Waals surface area (Å²) in [5.74, 6) is 1.22.